The highest BCUT2D eigenvalue weighted by molar-refractivity contribution is 6.16. The van der Waals surface area contributed by atoms with E-state index in [2.05, 4.69) is 5.32 Å². The van der Waals surface area contributed by atoms with Crippen molar-refractivity contribution in [2.24, 2.45) is 5.92 Å². The van der Waals surface area contributed by atoms with Crippen LogP contribution in [0.5, 0.6) is 0 Å². The largest absolute Gasteiger partial charge is 0.467 e. The minimum Gasteiger partial charge on any atom is -0.467 e. The van der Waals surface area contributed by atoms with Crippen LogP contribution in [0.2, 0.25) is 0 Å². The number of nitro benzene ring substituents is 1. The van der Waals surface area contributed by atoms with Gasteiger partial charge in [-0.25, -0.2) is 4.79 Å². The van der Waals surface area contributed by atoms with Crippen molar-refractivity contribution >= 4 is 34.8 Å². The second-order valence-electron chi connectivity index (χ2n) is 6.78. The van der Waals surface area contributed by atoms with Crippen molar-refractivity contribution in [3.63, 3.8) is 0 Å². The number of rotatable bonds is 7. The molecule has 0 saturated carbocycles. The molecule has 146 valence electrons. The molecule has 1 atom stereocenters. The highest BCUT2D eigenvalue weighted by Gasteiger charge is 2.30. The number of nitrogens with zero attached hydrogens (tertiary/aromatic N) is 2. The summed E-state index contributed by atoms with van der Waals surface area (Å²) in [6.45, 7) is 3.84. The van der Waals surface area contributed by atoms with Crippen LogP contribution in [0.3, 0.4) is 0 Å². The Kier molecular flexibility index (Phi) is 6.49. The predicted octanol–water partition coefficient (Wildman–Crippen LogP) is 2.64. The van der Waals surface area contributed by atoms with Crippen LogP contribution in [0.1, 0.15) is 39.5 Å². The van der Waals surface area contributed by atoms with Gasteiger partial charge in [0.1, 0.15) is 11.7 Å². The van der Waals surface area contributed by atoms with Crippen molar-refractivity contribution in [1.82, 2.24) is 0 Å². The first kappa shape index (κ1) is 20.3. The molecule has 1 aromatic carbocycles. The molecule has 1 aromatic rings. The Bertz CT molecular complexity index is 745. The van der Waals surface area contributed by atoms with Crippen LogP contribution in [-0.2, 0) is 19.1 Å². The molecule has 0 aliphatic carbocycles. The number of amides is 2. The monoisotopic (exact) mass is 377 g/mol. The van der Waals surface area contributed by atoms with Gasteiger partial charge in [0.15, 0.2) is 0 Å². The number of nitrogens with one attached hydrogen (secondary N) is 1. The zero-order valence-electron chi connectivity index (χ0n) is 15.6. The summed E-state index contributed by atoms with van der Waals surface area (Å²) in [7, 11) is 1.25. The highest BCUT2D eigenvalue weighted by Crippen LogP contribution is 2.32. The number of hydrogen-bond acceptors (Lipinski definition) is 7. The first-order chi connectivity index (χ1) is 12.7. The average Bonchev–Trinajstić information content (AvgIpc) is 2.60. The molecule has 0 unspecified atom stereocenters. The molecule has 1 aliphatic rings. The summed E-state index contributed by atoms with van der Waals surface area (Å²) in [5.74, 6) is -1.13. The van der Waals surface area contributed by atoms with E-state index in [9.17, 15) is 24.5 Å². The summed E-state index contributed by atoms with van der Waals surface area (Å²) in [4.78, 5) is 48.0. The maximum absolute atomic E-state index is 12.1. The lowest BCUT2D eigenvalue weighted by molar-refractivity contribution is -0.383. The third-order valence-electron chi connectivity index (χ3n) is 4.24. The molecule has 2 amide bonds. The minimum atomic E-state index is -0.752. The number of hydrogen-bond donors (Lipinski definition) is 1. The molecule has 1 N–H and O–H groups in total. The molecular formula is C18H23N3O6. The molecule has 9 heteroatoms. The highest BCUT2D eigenvalue weighted by atomic mass is 16.6. The molecule has 1 fully saturated rings. The normalized spacial score (nSPS) is 15.6. The molecule has 2 rings (SSSR count). The van der Waals surface area contributed by atoms with E-state index in [4.69, 9.17) is 4.74 Å². The topological polar surface area (TPSA) is 119 Å². The van der Waals surface area contributed by atoms with Crippen LogP contribution < -0.4 is 10.2 Å². The van der Waals surface area contributed by atoms with Crippen molar-refractivity contribution in [2.75, 3.05) is 17.3 Å². The number of anilines is 2. The van der Waals surface area contributed by atoms with E-state index in [1.807, 2.05) is 13.8 Å². The Balaban J connectivity index is 2.37. The number of benzene rings is 1. The molecule has 1 aliphatic heterocycles. The fourth-order valence-electron chi connectivity index (χ4n) is 2.99. The molecule has 0 aromatic heterocycles. The zero-order chi connectivity index (χ0) is 20.1. The van der Waals surface area contributed by atoms with Crippen molar-refractivity contribution in [3.8, 4) is 0 Å². The van der Waals surface area contributed by atoms with Crippen LogP contribution >= 0.6 is 0 Å². The third kappa shape index (κ3) is 4.81. The molecule has 1 heterocycles. The number of methoxy groups -OCH3 is 1. The van der Waals surface area contributed by atoms with E-state index in [0.717, 1.165) is 4.90 Å². The summed E-state index contributed by atoms with van der Waals surface area (Å²) in [5.41, 5.74) is -0.0477. The van der Waals surface area contributed by atoms with Gasteiger partial charge in [0.2, 0.25) is 11.8 Å². The smallest absolute Gasteiger partial charge is 0.328 e. The fraction of sp³-hybridized carbons (Fsp3) is 0.500. The summed E-state index contributed by atoms with van der Waals surface area (Å²) < 4.78 is 4.76. The molecular weight excluding hydrogens is 354 g/mol. The summed E-state index contributed by atoms with van der Waals surface area (Å²) >= 11 is 0. The number of carbonyl (C=O) groups is 3. The Morgan fingerprint density at radius 2 is 1.93 bits per heavy atom. The van der Waals surface area contributed by atoms with Gasteiger partial charge in [-0.1, -0.05) is 13.8 Å². The zero-order valence-corrected chi connectivity index (χ0v) is 15.6. The number of imide groups is 1. The Morgan fingerprint density at radius 3 is 2.44 bits per heavy atom. The van der Waals surface area contributed by atoms with Crippen LogP contribution in [0.25, 0.3) is 0 Å². The van der Waals surface area contributed by atoms with Gasteiger partial charge in [-0.15, -0.1) is 0 Å². The Morgan fingerprint density at radius 1 is 1.30 bits per heavy atom. The first-order valence-corrected chi connectivity index (χ1v) is 8.73. The first-order valence-electron chi connectivity index (χ1n) is 8.73. The lowest BCUT2D eigenvalue weighted by Crippen LogP contribution is -2.40. The quantitative estimate of drug-likeness (QED) is 0.336. The molecule has 0 bridgehead atoms. The number of nitro groups is 1. The maximum Gasteiger partial charge on any atom is 0.328 e. The molecule has 0 spiro atoms. The summed E-state index contributed by atoms with van der Waals surface area (Å²) in [6.07, 6.45) is 1.34. The average molecular weight is 377 g/mol. The standard InChI is InChI=1S/C18H23N3O6/c1-11(2)9-14(18(24)27-3)19-13-8-7-12(10-15(13)21(25)26)20-16(22)5-4-6-17(20)23/h7-8,10-11,14,19H,4-6,9H2,1-3H3/t14-/m1/s1. The van der Waals surface area contributed by atoms with Crippen molar-refractivity contribution in [3.05, 3.63) is 28.3 Å². The van der Waals surface area contributed by atoms with Gasteiger partial charge in [0, 0.05) is 18.9 Å². The van der Waals surface area contributed by atoms with Crippen molar-refractivity contribution in [1.29, 1.82) is 0 Å². The summed E-state index contributed by atoms with van der Waals surface area (Å²) in [6, 6.07) is 3.28. The molecule has 0 radical (unpaired) electrons. The van der Waals surface area contributed by atoms with E-state index in [1.54, 1.807) is 0 Å². The molecule has 1 saturated heterocycles. The second-order valence-corrected chi connectivity index (χ2v) is 6.78. The van der Waals surface area contributed by atoms with Gasteiger partial charge in [-0.05, 0) is 30.9 Å². The lowest BCUT2D eigenvalue weighted by Gasteiger charge is -2.25. The molecule has 27 heavy (non-hydrogen) atoms. The minimum absolute atomic E-state index is 0.122. The number of esters is 1. The number of piperidine rings is 1. The van der Waals surface area contributed by atoms with Crippen LogP contribution in [0, 0.1) is 16.0 Å². The van der Waals surface area contributed by atoms with Crippen LogP contribution in [-0.4, -0.2) is 35.9 Å². The third-order valence-corrected chi connectivity index (χ3v) is 4.24. The number of ether oxygens (including phenoxy) is 1. The van der Waals surface area contributed by atoms with E-state index in [-0.39, 0.29) is 47.6 Å². The second kappa shape index (κ2) is 8.61. The van der Waals surface area contributed by atoms with Crippen molar-refractivity contribution in [2.45, 2.75) is 45.6 Å². The van der Waals surface area contributed by atoms with Gasteiger partial charge in [-0.2, -0.15) is 0 Å². The lowest BCUT2D eigenvalue weighted by atomic mass is 10.0. The Labute approximate surface area is 156 Å². The molecule has 9 nitrogen and oxygen atoms in total. The van der Waals surface area contributed by atoms with Gasteiger partial charge >= 0.3 is 5.97 Å². The van der Waals surface area contributed by atoms with Crippen molar-refractivity contribution < 1.29 is 24.0 Å². The van der Waals surface area contributed by atoms with Gasteiger partial charge in [-0.3, -0.25) is 24.6 Å². The SMILES string of the molecule is COC(=O)[C@@H](CC(C)C)Nc1ccc(N2C(=O)CCCC2=O)cc1[N+](=O)[O-]. The van der Waals surface area contributed by atoms with Gasteiger partial charge in [0.05, 0.1) is 17.7 Å². The number of carbonyl (C=O) groups excluding carboxylic acids is 3. The van der Waals surface area contributed by atoms with Gasteiger partial charge in [0.25, 0.3) is 5.69 Å². The fourth-order valence-corrected chi connectivity index (χ4v) is 2.99. The van der Waals surface area contributed by atoms with E-state index < -0.39 is 16.9 Å². The van der Waals surface area contributed by atoms with E-state index >= 15 is 0 Å². The maximum atomic E-state index is 12.1. The van der Waals surface area contributed by atoms with Gasteiger partial charge < -0.3 is 10.1 Å². The van der Waals surface area contributed by atoms with Crippen LogP contribution in [0.15, 0.2) is 18.2 Å². The van der Waals surface area contributed by atoms with E-state index in [0.29, 0.717) is 12.8 Å². The van der Waals surface area contributed by atoms with E-state index in [1.165, 1.54) is 25.3 Å². The Hall–Kier alpha value is -2.97. The van der Waals surface area contributed by atoms with Crippen LogP contribution in [0.4, 0.5) is 17.1 Å². The summed E-state index contributed by atoms with van der Waals surface area (Å²) in [5, 5.41) is 14.4. The predicted molar refractivity (Wildman–Crippen MR) is 98.3 cm³/mol.